The minimum Gasteiger partial charge on any atom is -0.459 e. The van der Waals surface area contributed by atoms with Crippen LogP contribution in [-0.2, 0) is 33.2 Å². The molecular formula is C48H93N3O11. The van der Waals surface area contributed by atoms with Gasteiger partial charge in [0.25, 0.3) is 0 Å². The van der Waals surface area contributed by atoms with E-state index in [1.54, 1.807) is 21.0 Å². The average Bonchev–Trinajstić information content (AvgIpc) is 3.20. The fourth-order valence-electron chi connectivity index (χ4n) is 10.8. The van der Waals surface area contributed by atoms with Crippen molar-refractivity contribution in [2.24, 2.45) is 23.2 Å². The summed E-state index contributed by atoms with van der Waals surface area (Å²) in [5.74, 6) is -2.41. The van der Waals surface area contributed by atoms with Crippen LogP contribution in [-0.4, -0.2) is 168 Å². The van der Waals surface area contributed by atoms with Crippen molar-refractivity contribution in [3.05, 3.63) is 0 Å². The van der Waals surface area contributed by atoms with E-state index in [9.17, 15) is 25.2 Å². The van der Waals surface area contributed by atoms with Gasteiger partial charge < -0.3 is 64.0 Å². The molecule has 3 heterocycles. The van der Waals surface area contributed by atoms with Crippen LogP contribution in [0.4, 0.5) is 0 Å². The third-order valence-electron chi connectivity index (χ3n) is 14.9. The summed E-state index contributed by atoms with van der Waals surface area (Å²) in [6.45, 7) is 27.9. The second-order valence-corrected chi connectivity index (χ2v) is 20.9. The molecule has 0 bridgehead atoms. The molecule has 0 aromatic heterocycles. The number of hydrogen-bond donors (Lipinski definition) is 5. The molecule has 366 valence electrons. The van der Waals surface area contributed by atoms with Gasteiger partial charge in [-0.05, 0) is 112 Å². The van der Waals surface area contributed by atoms with Gasteiger partial charge >= 0.3 is 5.97 Å². The normalized spacial score (nSPS) is 43.2. The van der Waals surface area contributed by atoms with Gasteiger partial charge in [0.05, 0.1) is 36.4 Å². The van der Waals surface area contributed by atoms with E-state index in [4.69, 9.17) is 28.4 Å². The number of likely N-dealkylation sites (N-methyl/N-ethyl adjacent to an activating group) is 1. The lowest BCUT2D eigenvalue weighted by Crippen LogP contribution is -2.70. The Morgan fingerprint density at radius 2 is 1.56 bits per heavy atom. The molecule has 0 aromatic carbocycles. The number of rotatable bonds is 16. The zero-order valence-corrected chi connectivity index (χ0v) is 41.8. The van der Waals surface area contributed by atoms with E-state index in [1.165, 1.54) is 0 Å². The van der Waals surface area contributed by atoms with Gasteiger partial charge in [0.2, 0.25) is 0 Å². The second-order valence-electron chi connectivity index (χ2n) is 20.9. The molecule has 5 N–H and O–H groups in total. The fraction of sp³-hybridized carbons (Fsp3) is 0.979. The van der Waals surface area contributed by atoms with Gasteiger partial charge in [-0.15, -0.1) is 0 Å². The smallest absolute Gasteiger partial charge is 0.311 e. The van der Waals surface area contributed by atoms with Gasteiger partial charge in [0.1, 0.15) is 29.0 Å². The van der Waals surface area contributed by atoms with Gasteiger partial charge in [-0.3, -0.25) is 4.79 Å². The summed E-state index contributed by atoms with van der Waals surface area (Å²) in [5.41, 5.74) is -4.84. The molecule has 0 unspecified atom stereocenters. The van der Waals surface area contributed by atoms with Gasteiger partial charge in [-0.25, -0.2) is 0 Å². The summed E-state index contributed by atoms with van der Waals surface area (Å²) < 4.78 is 39.6. The predicted octanol–water partition coefficient (Wildman–Crippen LogP) is 5.50. The highest BCUT2D eigenvalue weighted by molar-refractivity contribution is 5.73. The molecule has 0 aromatic rings. The Balaban J connectivity index is 2.17. The zero-order valence-electron chi connectivity index (χ0n) is 41.8. The van der Waals surface area contributed by atoms with E-state index in [1.807, 2.05) is 60.5 Å². The van der Waals surface area contributed by atoms with Gasteiger partial charge in [-0.1, -0.05) is 67.7 Å². The summed E-state index contributed by atoms with van der Waals surface area (Å²) >= 11 is 0. The van der Waals surface area contributed by atoms with Crippen molar-refractivity contribution in [3.8, 4) is 0 Å². The number of carbonyl (C=O) groups is 1. The first-order valence-corrected chi connectivity index (χ1v) is 24.1. The largest absolute Gasteiger partial charge is 0.459 e. The first kappa shape index (κ1) is 55.3. The third kappa shape index (κ3) is 13.1. The summed E-state index contributed by atoms with van der Waals surface area (Å²) in [6, 6.07) is -0.192. The SMILES string of the molecule is CCCCCCNC[C@@]1(O)[C@H](C)O[C@H](O[C@@H]2[C@H](C)[C@@H](O[C@@H]3O[C@H](C)C[C@H](N(C)C)[C@H]3O)C(C)(C)C[C@@H](C)N(CCC)C[C@H](C)[C@@H](O)[C@](C)(O)[C@@H](CC)OC(=O)[C@@H]2C)C[C@]1(C)OC. The Labute approximate surface area is 376 Å². The van der Waals surface area contributed by atoms with Gasteiger partial charge in [-0.2, -0.15) is 0 Å². The minimum atomic E-state index is -1.75. The standard InChI is InChI=1S/C48H93N3O11/c1-17-20-21-22-23-49-29-48(56)35(9)59-38(27-46(48,12)57-16)61-40-33(7)42(62-44-39(52)36(50(14)15)25-32(6)58-44)45(10,11)26-31(5)51(24-18-2)28-30(4)41(53)47(13,55)37(19-3)60-43(54)34(40)8/h30-42,44,49,52-53,55-56H,17-29H2,1-16H3/t30-,31+,32+,33-,34+,35-,36-,37+,38+,39+,40+,41+,42+,44-,46-,47+,48+/m0/s1. The summed E-state index contributed by atoms with van der Waals surface area (Å²) in [5, 5.41) is 51.3. The molecule has 0 amide bonds. The van der Waals surface area contributed by atoms with E-state index < -0.39 is 89.2 Å². The highest BCUT2D eigenvalue weighted by atomic mass is 16.7. The number of cyclic esters (lactones) is 1. The maximum atomic E-state index is 14.6. The van der Waals surface area contributed by atoms with E-state index in [0.717, 1.165) is 45.2 Å². The van der Waals surface area contributed by atoms with Crippen LogP contribution in [0, 0.1) is 23.2 Å². The summed E-state index contributed by atoms with van der Waals surface area (Å²) in [4.78, 5) is 19.0. The lowest BCUT2D eigenvalue weighted by atomic mass is 9.72. The Morgan fingerprint density at radius 1 is 0.903 bits per heavy atom. The van der Waals surface area contributed by atoms with Crippen LogP contribution in [0.25, 0.3) is 0 Å². The predicted molar refractivity (Wildman–Crippen MR) is 243 cm³/mol. The van der Waals surface area contributed by atoms with Crippen LogP contribution in [0.1, 0.15) is 148 Å². The van der Waals surface area contributed by atoms with E-state index in [0.29, 0.717) is 19.4 Å². The number of hydrogen-bond acceptors (Lipinski definition) is 14. The lowest BCUT2D eigenvalue weighted by Gasteiger charge is -2.54. The third-order valence-corrected chi connectivity index (χ3v) is 14.9. The monoisotopic (exact) mass is 888 g/mol. The quantitative estimate of drug-likeness (QED) is 0.0973. The Hall–Kier alpha value is -1.01. The van der Waals surface area contributed by atoms with E-state index in [2.05, 4.69) is 44.8 Å². The lowest BCUT2D eigenvalue weighted by molar-refractivity contribution is -0.334. The van der Waals surface area contributed by atoms with Gasteiger partial charge in [0, 0.05) is 44.6 Å². The van der Waals surface area contributed by atoms with Crippen molar-refractivity contribution in [2.75, 3.05) is 47.4 Å². The van der Waals surface area contributed by atoms with Crippen molar-refractivity contribution in [3.63, 3.8) is 0 Å². The molecule has 17 atom stereocenters. The molecule has 0 spiro atoms. The molecule has 62 heavy (non-hydrogen) atoms. The van der Waals surface area contributed by atoms with Crippen LogP contribution >= 0.6 is 0 Å². The highest BCUT2D eigenvalue weighted by Crippen LogP contribution is 2.45. The van der Waals surface area contributed by atoms with Crippen molar-refractivity contribution in [2.45, 2.75) is 232 Å². The molecule has 0 aliphatic carbocycles. The molecule has 0 radical (unpaired) electrons. The van der Waals surface area contributed by atoms with Crippen LogP contribution < -0.4 is 5.32 Å². The van der Waals surface area contributed by atoms with Crippen molar-refractivity contribution in [1.82, 2.24) is 15.1 Å². The number of methoxy groups -OCH3 is 1. The molecule has 3 rings (SSSR count). The Bertz CT molecular complexity index is 1340. The van der Waals surface area contributed by atoms with Crippen LogP contribution in [0.3, 0.4) is 0 Å². The second kappa shape index (κ2) is 23.6. The molecule has 14 heteroatoms. The number of esters is 1. The summed E-state index contributed by atoms with van der Waals surface area (Å²) in [6.07, 6.45) is -0.438. The maximum absolute atomic E-state index is 14.6. The Kier molecular flexibility index (Phi) is 21.1. The number of carbonyl (C=O) groups excluding carboxylic acids is 1. The molecule has 0 saturated carbocycles. The zero-order chi connectivity index (χ0) is 47.0. The molecule has 3 aliphatic heterocycles. The minimum absolute atomic E-state index is 0.0122. The summed E-state index contributed by atoms with van der Waals surface area (Å²) in [7, 11) is 5.49. The molecule has 14 nitrogen and oxygen atoms in total. The highest BCUT2D eigenvalue weighted by Gasteiger charge is 2.58. The fourth-order valence-corrected chi connectivity index (χ4v) is 10.8. The number of aliphatic hydroxyl groups excluding tert-OH is 2. The maximum Gasteiger partial charge on any atom is 0.311 e. The topological polar surface area (TPSA) is 172 Å². The van der Waals surface area contributed by atoms with E-state index in [-0.39, 0.29) is 43.5 Å². The Morgan fingerprint density at radius 3 is 2.15 bits per heavy atom. The van der Waals surface area contributed by atoms with Crippen molar-refractivity contribution < 1.29 is 53.6 Å². The van der Waals surface area contributed by atoms with E-state index >= 15 is 0 Å². The number of nitrogens with one attached hydrogen (secondary N) is 1. The molecule has 3 aliphatic rings. The van der Waals surface area contributed by atoms with Crippen LogP contribution in [0.5, 0.6) is 0 Å². The number of nitrogens with zero attached hydrogens (tertiary/aromatic N) is 2. The molecule has 3 saturated heterocycles. The number of aliphatic hydroxyl groups is 4. The van der Waals surface area contributed by atoms with Gasteiger partial charge in [0.15, 0.2) is 12.6 Å². The molecule has 3 fully saturated rings. The van der Waals surface area contributed by atoms with Crippen molar-refractivity contribution in [1.29, 1.82) is 0 Å². The number of ether oxygens (including phenoxy) is 6. The van der Waals surface area contributed by atoms with Crippen LogP contribution in [0.15, 0.2) is 0 Å². The first-order valence-electron chi connectivity index (χ1n) is 24.1. The average molecular weight is 888 g/mol. The van der Waals surface area contributed by atoms with Crippen molar-refractivity contribution >= 4 is 5.97 Å². The van der Waals surface area contributed by atoms with Crippen LogP contribution in [0.2, 0.25) is 0 Å². The molecular weight excluding hydrogens is 795 g/mol. The number of unbranched alkanes of at least 4 members (excludes halogenated alkanes) is 3. The first-order chi connectivity index (χ1) is 28.8.